The quantitative estimate of drug-likeness (QED) is 0.885. The first-order valence-electron chi connectivity index (χ1n) is 6.02. The fourth-order valence-electron chi connectivity index (χ4n) is 2.28. The lowest BCUT2D eigenvalue weighted by Crippen LogP contribution is -2.45. The number of benzene rings is 1. The van der Waals surface area contributed by atoms with E-state index in [4.69, 9.17) is 0 Å². The van der Waals surface area contributed by atoms with E-state index in [1.54, 1.807) is 6.07 Å². The molecule has 0 amide bonds. The van der Waals surface area contributed by atoms with Crippen LogP contribution >= 0.6 is 12.4 Å². The van der Waals surface area contributed by atoms with Gasteiger partial charge in [-0.1, -0.05) is 12.1 Å². The van der Waals surface area contributed by atoms with E-state index in [1.807, 2.05) is 19.1 Å². The number of phenols is 1. The molecule has 1 atom stereocenters. The maximum absolute atomic E-state index is 13.2. The topological polar surface area (TPSA) is 35.5 Å². The van der Waals surface area contributed by atoms with Gasteiger partial charge in [0.15, 0.2) is 0 Å². The lowest BCUT2D eigenvalue weighted by atomic mass is 10.0. The Morgan fingerprint density at radius 3 is 2.61 bits per heavy atom. The van der Waals surface area contributed by atoms with Gasteiger partial charge in [-0.2, -0.15) is 0 Å². The van der Waals surface area contributed by atoms with E-state index in [2.05, 4.69) is 10.2 Å². The molecular weight excluding hydrogens is 255 g/mol. The van der Waals surface area contributed by atoms with Gasteiger partial charge >= 0.3 is 0 Å². The molecule has 102 valence electrons. The van der Waals surface area contributed by atoms with Crippen LogP contribution < -0.4 is 5.32 Å². The first-order chi connectivity index (χ1) is 8.22. The number of hydrogen-bond acceptors (Lipinski definition) is 3. The maximum Gasteiger partial charge on any atom is 0.118 e. The minimum atomic E-state index is -0.385. The highest BCUT2D eigenvalue weighted by molar-refractivity contribution is 5.85. The van der Waals surface area contributed by atoms with Crippen molar-refractivity contribution < 1.29 is 9.50 Å². The Bertz CT molecular complexity index is 383. The van der Waals surface area contributed by atoms with Gasteiger partial charge in [0.1, 0.15) is 12.4 Å². The van der Waals surface area contributed by atoms with Crippen molar-refractivity contribution in [2.24, 2.45) is 0 Å². The Balaban J connectivity index is 0.00000162. The highest BCUT2D eigenvalue weighted by Gasteiger charge is 2.22. The largest absolute Gasteiger partial charge is 0.508 e. The molecule has 1 aromatic rings. The summed E-state index contributed by atoms with van der Waals surface area (Å²) in [6.07, 6.45) is 0. The van der Waals surface area contributed by atoms with Crippen molar-refractivity contribution >= 4 is 12.4 Å². The number of aromatic hydroxyl groups is 1. The first kappa shape index (κ1) is 15.2. The summed E-state index contributed by atoms with van der Waals surface area (Å²) in [6, 6.07) is 5.16. The molecule has 0 spiro atoms. The number of nitrogens with zero attached hydrogens (tertiary/aromatic N) is 1. The predicted molar refractivity (Wildman–Crippen MR) is 73.3 cm³/mol. The summed E-state index contributed by atoms with van der Waals surface area (Å²) in [5.41, 5.74) is 1.75. The van der Waals surface area contributed by atoms with E-state index in [0.29, 0.717) is 0 Å². The molecule has 1 aromatic carbocycles. The van der Waals surface area contributed by atoms with E-state index in [1.165, 1.54) is 0 Å². The third kappa shape index (κ3) is 3.34. The summed E-state index contributed by atoms with van der Waals surface area (Å²) < 4.78 is 13.2. The molecule has 0 aliphatic carbocycles. The lowest BCUT2D eigenvalue weighted by molar-refractivity contribution is 0.147. The molecule has 1 aliphatic rings. The van der Waals surface area contributed by atoms with Gasteiger partial charge in [0, 0.05) is 26.2 Å². The second-order valence-electron chi connectivity index (χ2n) is 4.50. The molecule has 0 unspecified atom stereocenters. The van der Waals surface area contributed by atoms with E-state index >= 15 is 0 Å². The zero-order valence-corrected chi connectivity index (χ0v) is 11.3. The summed E-state index contributed by atoms with van der Waals surface area (Å²) in [6.45, 7) is 5.01. The summed E-state index contributed by atoms with van der Waals surface area (Å²) >= 11 is 0. The van der Waals surface area contributed by atoms with Crippen molar-refractivity contribution in [2.75, 3.05) is 32.9 Å². The average molecular weight is 275 g/mol. The minimum Gasteiger partial charge on any atom is -0.508 e. The van der Waals surface area contributed by atoms with Crippen LogP contribution in [-0.4, -0.2) is 42.9 Å². The standard InChI is InChI=1S/C13H19FN2O.ClH/c1-10-8-11(2-3-13(10)17)12(9-14)16-6-4-15-5-7-16;/h2-3,8,12,15,17H,4-7,9H2,1H3;1H/t12-;/m0./s1. The van der Waals surface area contributed by atoms with Crippen LogP contribution in [0.4, 0.5) is 4.39 Å². The molecule has 0 aromatic heterocycles. The van der Waals surface area contributed by atoms with E-state index in [9.17, 15) is 9.50 Å². The van der Waals surface area contributed by atoms with Gasteiger partial charge in [0.25, 0.3) is 0 Å². The van der Waals surface area contributed by atoms with Gasteiger partial charge < -0.3 is 10.4 Å². The van der Waals surface area contributed by atoms with Crippen LogP contribution in [0.5, 0.6) is 5.75 Å². The Morgan fingerprint density at radius 1 is 1.39 bits per heavy atom. The molecule has 5 heteroatoms. The number of piperazine rings is 1. The van der Waals surface area contributed by atoms with Gasteiger partial charge in [-0.3, -0.25) is 4.90 Å². The molecule has 0 bridgehead atoms. The molecule has 18 heavy (non-hydrogen) atoms. The molecule has 1 saturated heterocycles. The highest BCUT2D eigenvalue weighted by Crippen LogP contribution is 2.26. The summed E-state index contributed by atoms with van der Waals surface area (Å²) in [4.78, 5) is 2.16. The lowest BCUT2D eigenvalue weighted by Gasteiger charge is -2.33. The van der Waals surface area contributed by atoms with Gasteiger partial charge in [-0.15, -0.1) is 12.4 Å². The molecule has 0 radical (unpaired) electrons. The van der Waals surface area contributed by atoms with E-state index in [0.717, 1.165) is 37.3 Å². The summed E-state index contributed by atoms with van der Waals surface area (Å²) in [5.74, 6) is 0.270. The fourth-order valence-corrected chi connectivity index (χ4v) is 2.28. The van der Waals surface area contributed by atoms with Crippen molar-refractivity contribution in [3.63, 3.8) is 0 Å². The Hall–Kier alpha value is -0.840. The van der Waals surface area contributed by atoms with Crippen molar-refractivity contribution in [3.05, 3.63) is 29.3 Å². The minimum absolute atomic E-state index is 0. The van der Waals surface area contributed by atoms with Gasteiger partial charge in [-0.25, -0.2) is 4.39 Å². The normalized spacial score (nSPS) is 18.1. The zero-order chi connectivity index (χ0) is 12.3. The van der Waals surface area contributed by atoms with Crippen LogP contribution in [0, 0.1) is 6.92 Å². The molecule has 1 heterocycles. The third-order valence-corrected chi connectivity index (χ3v) is 3.34. The number of phenolic OH excluding ortho intramolecular Hbond substituents is 1. The number of halogens is 2. The number of alkyl halides is 1. The summed E-state index contributed by atoms with van der Waals surface area (Å²) in [7, 11) is 0. The van der Waals surface area contributed by atoms with Gasteiger partial charge in [-0.05, 0) is 24.1 Å². The average Bonchev–Trinajstić information content (AvgIpc) is 2.36. The monoisotopic (exact) mass is 274 g/mol. The Morgan fingerprint density at radius 2 is 2.06 bits per heavy atom. The van der Waals surface area contributed by atoms with Gasteiger partial charge in [0.05, 0.1) is 6.04 Å². The molecule has 1 fully saturated rings. The van der Waals surface area contributed by atoms with Crippen LogP contribution in [0.3, 0.4) is 0 Å². The molecule has 1 aliphatic heterocycles. The van der Waals surface area contributed by atoms with Crippen LogP contribution in [-0.2, 0) is 0 Å². The second-order valence-corrected chi connectivity index (χ2v) is 4.50. The number of aryl methyl sites for hydroxylation is 1. The predicted octanol–water partition coefficient (Wildman–Crippen LogP) is 2.04. The molecule has 2 rings (SSSR count). The van der Waals surface area contributed by atoms with Crippen molar-refractivity contribution in [1.82, 2.24) is 10.2 Å². The first-order valence-corrected chi connectivity index (χ1v) is 6.02. The number of hydrogen-bond donors (Lipinski definition) is 2. The third-order valence-electron chi connectivity index (χ3n) is 3.34. The van der Waals surface area contributed by atoms with Crippen LogP contribution in [0.15, 0.2) is 18.2 Å². The summed E-state index contributed by atoms with van der Waals surface area (Å²) in [5, 5.41) is 12.8. The Kier molecular flexibility index (Phi) is 5.85. The van der Waals surface area contributed by atoms with Crippen molar-refractivity contribution in [3.8, 4) is 5.75 Å². The number of nitrogens with one attached hydrogen (secondary N) is 1. The van der Waals surface area contributed by atoms with Crippen LogP contribution in [0.25, 0.3) is 0 Å². The highest BCUT2D eigenvalue weighted by atomic mass is 35.5. The van der Waals surface area contributed by atoms with Crippen molar-refractivity contribution in [1.29, 1.82) is 0 Å². The number of rotatable bonds is 3. The second kappa shape index (κ2) is 6.92. The SMILES string of the molecule is Cc1cc([C@H](CF)N2CCNCC2)ccc1O.Cl. The van der Waals surface area contributed by atoms with E-state index in [-0.39, 0.29) is 30.9 Å². The van der Waals surface area contributed by atoms with Crippen molar-refractivity contribution in [2.45, 2.75) is 13.0 Å². The molecule has 0 saturated carbocycles. The fraction of sp³-hybridized carbons (Fsp3) is 0.538. The Labute approximate surface area is 113 Å². The van der Waals surface area contributed by atoms with Crippen LogP contribution in [0.1, 0.15) is 17.2 Å². The molecule has 3 nitrogen and oxygen atoms in total. The smallest absolute Gasteiger partial charge is 0.118 e. The van der Waals surface area contributed by atoms with Crippen LogP contribution in [0.2, 0.25) is 0 Å². The zero-order valence-electron chi connectivity index (χ0n) is 10.5. The van der Waals surface area contributed by atoms with Gasteiger partial charge in [0.2, 0.25) is 0 Å². The maximum atomic E-state index is 13.2. The molecular formula is C13H20ClFN2O. The molecule has 2 N–H and O–H groups in total. The van der Waals surface area contributed by atoms with E-state index < -0.39 is 0 Å².